The fourth-order valence-corrected chi connectivity index (χ4v) is 3.79. The van der Waals surface area contributed by atoms with E-state index in [0.29, 0.717) is 11.3 Å². The molecule has 0 aromatic heterocycles. The number of hydrogen-bond acceptors (Lipinski definition) is 2. The van der Waals surface area contributed by atoms with Crippen LogP contribution >= 0.6 is 15.9 Å². The van der Waals surface area contributed by atoms with Gasteiger partial charge in [0.1, 0.15) is 5.82 Å². The van der Waals surface area contributed by atoms with Gasteiger partial charge in [-0.25, -0.2) is 4.39 Å². The predicted molar refractivity (Wildman–Crippen MR) is 107 cm³/mol. The first kappa shape index (κ1) is 17.5. The van der Waals surface area contributed by atoms with Crippen LogP contribution in [0.1, 0.15) is 17.2 Å². The van der Waals surface area contributed by atoms with E-state index in [1.54, 1.807) is 12.1 Å². The number of carbonyl (C=O) groups excluding carboxylic acids is 1. The van der Waals surface area contributed by atoms with Gasteiger partial charge in [-0.15, -0.1) is 0 Å². The van der Waals surface area contributed by atoms with Gasteiger partial charge in [0.25, 0.3) is 5.91 Å². The fourth-order valence-electron chi connectivity index (χ4n) is 3.38. The maximum atomic E-state index is 13.4. The highest BCUT2D eigenvalue weighted by Crippen LogP contribution is 2.45. The van der Waals surface area contributed by atoms with Gasteiger partial charge in [-0.3, -0.25) is 9.69 Å². The largest absolute Gasteiger partial charge is 0.503 e. The second-order valence-corrected chi connectivity index (χ2v) is 7.15. The Kier molecular flexibility index (Phi) is 4.54. The molecular weight excluding hydrogens is 409 g/mol. The predicted octanol–water partition coefficient (Wildman–Crippen LogP) is 5.65. The Bertz CT molecular complexity index is 1030. The van der Waals surface area contributed by atoms with Crippen molar-refractivity contribution >= 4 is 33.1 Å². The molecule has 1 aliphatic heterocycles. The average molecular weight is 424 g/mol. The molecule has 1 amide bonds. The molecule has 3 aromatic carbocycles. The van der Waals surface area contributed by atoms with E-state index in [1.807, 2.05) is 54.6 Å². The molecule has 1 atom stereocenters. The zero-order valence-corrected chi connectivity index (χ0v) is 15.7. The number of rotatable bonds is 3. The van der Waals surface area contributed by atoms with Crippen LogP contribution in [-0.2, 0) is 4.79 Å². The Hall–Kier alpha value is -2.92. The molecule has 134 valence electrons. The molecular formula is C22H15BrFNO2. The zero-order chi connectivity index (χ0) is 19.0. The SMILES string of the molecule is O=C1C(O)=C(c2ccccc2)[C@H](c2cccc(Br)c2)N1c1ccc(F)cc1. The number of hydrogen-bond donors (Lipinski definition) is 1. The third-order valence-corrected chi connectivity index (χ3v) is 5.06. The Morgan fingerprint density at radius 2 is 1.63 bits per heavy atom. The summed E-state index contributed by atoms with van der Waals surface area (Å²) >= 11 is 3.47. The molecule has 0 aliphatic carbocycles. The van der Waals surface area contributed by atoms with E-state index < -0.39 is 11.9 Å². The molecule has 1 aliphatic rings. The van der Waals surface area contributed by atoms with Gasteiger partial charge in [-0.1, -0.05) is 58.4 Å². The van der Waals surface area contributed by atoms with Gasteiger partial charge in [-0.05, 0) is 47.5 Å². The van der Waals surface area contributed by atoms with Gasteiger partial charge >= 0.3 is 0 Å². The lowest BCUT2D eigenvalue weighted by Gasteiger charge is -2.27. The number of carbonyl (C=O) groups is 1. The molecule has 0 unspecified atom stereocenters. The summed E-state index contributed by atoms with van der Waals surface area (Å²) in [5.74, 6) is -1.19. The first-order valence-corrected chi connectivity index (χ1v) is 9.18. The van der Waals surface area contributed by atoms with Crippen LogP contribution < -0.4 is 4.90 Å². The molecule has 0 fully saturated rings. The van der Waals surface area contributed by atoms with Crippen molar-refractivity contribution in [3.63, 3.8) is 0 Å². The minimum Gasteiger partial charge on any atom is -0.503 e. The zero-order valence-electron chi connectivity index (χ0n) is 14.1. The Labute approximate surface area is 164 Å². The van der Waals surface area contributed by atoms with Crippen molar-refractivity contribution in [2.45, 2.75) is 6.04 Å². The van der Waals surface area contributed by atoms with Crippen molar-refractivity contribution in [2.24, 2.45) is 0 Å². The first-order chi connectivity index (χ1) is 13.1. The summed E-state index contributed by atoms with van der Waals surface area (Å²) in [5.41, 5.74) is 2.65. The lowest BCUT2D eigenvalue weighted by molar-refractivity contribution is -0.117. The van der Waals surface area contributed by atoms with Crippen LogP contribution in [0.4, 0.5) is 10.1 Å². The van der Waals surface area contributed by atoms with Crippen molar-refractivity contribution in [1.29, 1.82) is 0 Å². The minimum absolute atomic E-state index is 0.296. The van der Waals surface area contributed by atoms with Crippen molar-refractivity contribution in [3.05, 3.63) is 106 Å². The van der Waals surface area contributed by atoms with Crippen molar-refractivity contribution in [2.75, 3.05) is 4.90 Å². The normalized spacial score (nSPS) is 16.9. The van der Waals surface area contributed by atoms with Crippen LogP contribution in [0.25, 0.3) is 5.57 Å². The van der Waals surface area contributed by atoms with Gasteiger partial charge in [0, 0.05) is 15.7 Å². The lowest BCUT2D eigenvalue weighted by Crippen LogP contribution is -2.30. The highest BCUT2D eigenvalue weighted by atomic mass is 79.9. The molecule has 0 radical (unpaired) electrons. The molecule has 1 heterocycles. The minimum atomic E-state index is -0.525. The maximum absolute atomic E-state index is 13.4. The number of nitrogens with zero attached hydrogens (tertiary/aromatic N) is 1. The average Bonchev–Trinajstić information content (AvgIpc) is 2.94. The second-order valence-electron chi connectivity index (χ2n) is 6.24. The van der Waals surface area contributed by atoms with Crippen LogP contribution in [0.15, 0.2) is 89.1 Å². The molecule has 0 saturated heterocycles. The van der Waals surface area contributed by atoms with E-state index >= 15 is 0 Å². The third kappa shape index (κ3) is 3.15. The van der Waals surface area contributed by atoms with E-state index in [9.17, 15) is 14.3 Å². The summed E-state index contributed by atoms with van der Waals surface area (Å²) < 4.78 is 14.3. The number of aliphatic hydroxyl groups is 1. The molecule has 5 heteroatoms. The topological polar surface area (TPSA) is 40.5 Å². The van der Waals surface area contributed by atoms with Gasteiger partial charge < -0.3 is 5.11 Å². The molecule has 1 N–H and O–H groups in total. The van der Waals surface area contributed by atoms with Crippen LogP contribution in [0.2, 0.25) is 0 Å². The van der Waals surface area contributed by atoms with Crippen molar-refractivity contribution in [3.8, 4) is 0 Å². The van der Waals surface area contributed by atoms with E-state index in [0.717, 1.165) is 15.6 Å². The number of halogens is 2. The second kappa shape index (κ2) is 7.00. The smallest absolute Gasteiger partial charge is 0.294 e. The first-order valence-electron chi connectivity index (χ1n) is 8.39. The maximum Gasteiger partial charge on any atom is 0.294 e. The van der Waals surface area contributed by atoms with Crippen LogP contribution in [0.5, 0.6) is 0 Å². The molecule has 3 nitrogen and oxygen atoms in total. The van der Waals surface area contributed by atoms with Crippen molar-refractivity contribution in [1.82, 2.24) is 0 Å². The number of aliphatic hydroxyl groups excluding tert-OH is 1. The summed E-state index contributed by atoms with van der Waals surface area (Å²) in [6.07, 6.45) is 0. The van der Waals surface area contributed by atoms with Gasteiger partial charge in [-0.2, -0.15) is 0 Å². The summed E-state index contributed by atoms with van der Waals surface area (Å²) in [6.45, 7) is 0. The number of benzene rings is 3. The van der Waals surface area contributed by atoms with Crippen LogP contribution in [-0.4, -0.2) is 11.0 Å². The molecule has 0 saturated carbocycles. The summed E-state index contributed by atoms with van der Waals surface area (Å²) in [6, 6.07) is 22.1. The van der Waals surface area contributed by atoms with Gasteiger partial charge in [0.05, 0.1) is 6.04 Å². The van der Waals surface area contributed by atoms with Gasteiger partial charge in [0.2, 0.25) is 0 Å². The monoisotopic (exact) mass is 423 g/mol. The quantitative estimate of drug-likeness (QED) is 0.591. The van der Waals surface area contributed by atoms with Crippen molar-refractivity contribution < 1.29 is 14.3 Å². The van der Waals surface area contributed by atoms with Crippen LogP contribution in [0.3, 0.4) is 0 Å². The van der Waals surface area contributed by atoms with Crippen LogP contribution in [0, 0.1) is 5.82 Å². The fraction of sp³-hybridized carbons (Fsp3) is 0.0455. The highest BCUT2D eigenvalue weighted by Gasteiger charge is 2.41. The molecule has 4 rings (SSSR count). The lowest BCUT2D eigenvalue weighted by atomic mass is 9.93. The summed E-state index contributed by atoms with van der Waals surface area (Å²) in [5, 5.41) is 10.7. The number of anilines is 1. The standard InChI is InChI=1S/C22H15BrFNO2/c23-16-8-4-7-15(13-16)20-19(14-5-2-1-3-6-14)21(26)22(27)25(20)18-11-9-17(24)10-12-18/h1-13,20,26H/t20-/m0/s1. The highest BCUT2D eigenvalue weighted by molar-refractivity contribution is 9.10. The van der Waals surface area contributed by atoms with E-state index in [1.165, 1.54) is 17.0 Å². The summed E-state index contributed by atoms with van der Waals surface area (Å²) in [4.78, 5) is 14.5. The van der Waals surface area contributed by atoms with Gasteiger partial charge in [0.15, 0.2) is 5.76 Å². The Morgan fingerprint density at radius 1 is 0.926 bits per heavy atom. The molecule has 0 bridgehead atoms. The van der Waals surface area contributed by atoms with E-state index in [-0.39, 0.29) is 11.6 Å². The Balaban J connectivity index is 1.92. The van der Waals surface area contributed by atoms with E-state index in [2.05, 4.69) is 15.9 Å². The third-order valence-electron chi connectivity index (χ3n) is 4.56. The molecule has 3 aromatic rings. The Morgan fingerprint density at radius 3 is 2.30 bits per heavy atom. The number of amides is 1. The molecule has 27 heavy (non-hydrogen) atoms. The molecule has 0 spiro atoms. The summed E-state index contributed by atoms with van der Waals surface area (Å²) in [7, 11) is 0. The van der Waals surface area contributed by atoms with E-state index in [4.69, 9.17) is 0 Å².